The van der Waals surface area contributed by atoms with Crippen molar-refractivity contribution in [3.8, 4) is 17.0 Å². The van der Waals surface area contributed by atoms with Gasteiger partial charge in [0.15, 0.2) is 5.76 Å². The van der Waals surface area contributed by atoms with Crippen molar-refractivity contribution in [1.82, 2.24) is 15.1 Å². The van der Waals surface area contributed by atoms with Gasteiger partial charge in [-0.15, -0.1) is 0 Å². The lowest BCUT2D eigenvalue weighted by molar-refractivity contribution is 0.0996. The van der Waals surface area contributed by atoms with Gasteiger partial charge in [-0.1, -0.05) is 29.3 Å². The molecule has 2 aromatic carbocycles. The Balaban J connectivity index is 1.34. The molecule has 0 bridgehead atoms. The molecule has 1 aliphatic rings. The smallest absolute Gasteiger partial charge is 0.342 e. The number of carbonyl (C=O) groups is 2. The van der Waals surface area contributed by atoms with Gasteiger partial charge in [0.1, 0.15) is 5.75 Å². The van der Waals surface area contributed by atoms with Gasteiger partial charge in [-0.25, -0.2) is 4.79 Å². The van der Waals surface area contributed by atoms with Crippen LogP contribution < -0.4 is 10.6 Å². The lowest BCUT2D eigenvalue weighted by atomic mass is 10.1. The average Bonchev–Trinajstić information content (AvgIpc) is 3.34. The predicted molar refractivity (Wildman–Crippen MR) is 132 cm³/mol. The average molecular weight is 511 g/mol. The number of nitrogens with zero attached hydrogens (tertiary/aromatic N) is 2. The Morgan fingerprint density at radius 2 is 1.91 bits per heavy atom. The van der Waals surface area contributed by atoms with E-state index in [1.807, 2.05) is 6.07 Å². The summed E-state index contributed by atoms with van der Waals surface area (Å²) in [6.07, 6.45) is 3.34. The Kier molecular flexibility index (Phi) is 6.23. The van der Waals surface area contributed by atoms with Gasteiger partial charge in [0.05, 0.1) is 27.7 Å². The van der Waals surface area contributed by atoms with Crippen molar-refractivity contribution in [2.24, 2.45) is 0 Å². The highest BCUT2D eigenvalue weighted by atomic mass is 35.5. The number of anilines is 1. The summed E-state index contributed by atoms with van der Waals surface area (Å²) < 4.78 is 6.42. The molecule has 3 N–H and O–H groups in total. The van der Waals surface area contributed by atoms with Crippen LogP contribution in [0.4, 0.5) is 10.5 Å². The normalized spacial score (nSPS) is 13.0. The highest BCUT2D eigenvalue weighted by molar-refractivity contribution is 6.42. The quantitative estimate of drug-likeness (QED) is 0.292. The Hall–Kier alpha value is -3.75. The third-order valence-corrected chi connectivity index (χ3v) is 6.37. The van der Waals surface area contributed by atoms with E-state index in [-0.39, 0.29) is 30.0 Å². The molecular formula is C25H20Cl2N4O4. The number of hydrogen-bond acceptors (Lipinski definition) is 5. The number of hydrogen-bond donors (Lipinski definition) is 3. The Labute approximate surface area is 210 Å². The molecule has 2 amide bonds. The number of amides is 2. The van der Waals surface area contributed by atoms with Crippen molar-refractivity contribution < 1.29 is 19.1 Å². The zero-order valence-corrected chi connectivity index (χ0v) is 19.8. The van der Waals surface area contributed by atoms with E-state index in [0.29, 0.717) is 27.0 Å². The molecule has 5 rings (SSSR count). The minimum absolute atomic E-state index is 0.0783. The van der Waals surface area contributed by atoms with Gasteiger partial charge in [-0.05, 0) is 60.9 Å². The molecule has 1 saturated carbocycles. The van der Waals surface area contributed by atoms with Crippen LogP contribution >= 0.6 is 23.2 Å². The van der Waals surface area contributed by atoms with Crippen LogP contribution in [0, 0.1) is 0 Å². The molecule has 2 heterocycles. The largest absolute Gasteiger partial charge is 0.507 e. The maximum atomic E-state index is 13.0. The molecular weight excluding hydrogens is 491 g/mol. The number of phenols is 1. The first-order valence-electron chi connectivity index (χ1n) is 10.9. The molecule has 0 aliphatic heterocycles. The summed E-state index contributed by atoms with van der Waals surface area (Å²) in [5, 5.41) is 21.5. The molecule has 0 radical (unpaired) electrons. The van der Waals surface area contributed by atoms with Gasteiger partial charge < -0.3 is 20.2 Å². The van der Waals surface area contributed by atoms with Crippen LogP contribution in [0.2, 0.25) is 10.0 Å². The van der Waals surface area contributed by atoms with Crippen molar-refractivity contribution in [1.29, 1.82) is 0 Å². The number of benzene rings is 2. The van der Waals surface area contributed by atoms with Gasteiger partial charge in [-0.2, -0.15) is 9.78 Å². The fourth-order valence-corrected chi connectivity index (χ4v) is 4.01. The minimum atomic E-state index is -0.430. The molecule has 0 spiro atoms. The summed E-state index contributed by atoms with van der Waals surface area (Å²) in [4.78, 5) is 25.1. The van der Waals surface area contributed by atoms with E-state index in [9.17, 15) is 14.7 Å². The number of halogens is 2. The van der Waals surface area contributed by atoms with Crippen molar-refractivity contribution in [2.75, 3.05) is 5.32 Å². The lowest BCUT2D eigenvalue weighted by Gasteiger charge is -2.09. The second-order valence-electron chi connectivity index (χ2n) is 8.21. The monoisotopic (exact) mass is 510 g/mol. The number of aromatic nitrogens is 2. The van der Waals surface area contributed by atoms with Gasteiger partial charge >= 0.3 is 6.03 Å². The zero-order chi connectivity index (χ0) is 24.5. The summed E-state index contributed by atoms with van der Waals surface area (Å²) >= 11 is 12.0. The molecule has 0 atom stereocenters. The van der Waals surface area contributed by atoms with Crippen LogP contribution in [0.15, 0.2) is 65.3 Å². The van der Waals surface area contributed by atoms with E-state index in [0.717, 1.165) is 24.1 Å². The Bertz CT molecular complexity index is 1410. The number of furan rings is 1. The standard InChI is InChI=1S/C25H20Cl2N4O4/c26-18-8-3-14(10-19(18)27)13-28-25(34)31-21(15-4-5-15)12-20(30-31)17-7-6-16(11-22(17)32)29-24(33)23-2-1-9-35-23/h1-3,6-12,15,32H,4-5,13H2,(H,28,34)(H,29,33). The van der Waals surface area contributed by atoms with E-state index < -0.39 is 5.91 Å². The third kappa shape index (κ3) is 5.03. The maximum absolute atomic E-state index is 13.0. The summed E-state index contributed by atoms with van der Waals surface area (Å²) in [6.45, 7) is 0.254. The minimum Gasteiger partial charge on any atom is -0.507 e. The second kappa shape index (κ2) is 9.48. The molecule has 1 fully saturated rings. The summed E-state index contributed by atoms with van der Waals surface area (Å²) in [7, 11) is 0. The Morgan fingerprint density at radius 3 is 2.60 bits per heavy atom. The van der Waals surface area contributed by atoms with E-state index in [1.54, 1.807) is 42.5 Å². The van der Waals surface area contributed by atoms with Crippen molar-refractivity contribution in [3.05, 3.63) is 87.9 Å². The van der Waals surface area contributed by atoms with Gasteiger partial charge in [-0.3, -0.25) is 4.79 Å². The topological polar surface area (TPSA) is 109 Å². The van der Waals surface area contributed by atoms with Crippen LogP contribution in [0.5, 0.6) is 5.75 Å². The predicted octanol–water partition coefficient (Wildman–Crippen LogP) is 6.04. The molecule has 8 nitrogen and oxygen atoms in total. The SMILES string of the molecule is O=C(Nc1ccc(-c2cc(C3CC3)n(C(=O)NCc3ccc(Cl)c(Cl)c3)n2)c(O)c1)c1ccco1. The molecule has 10 heteroatoms. The molecule has 4 aromatic rings. The van der Waals surface area contributed by atoms with Crippen molar-refractivity contribution >= 4 is 40.8 Å². The number of rotatable bonds is 6. The van der Waals surface area contributed by atoms with Crippen LogP contribution in [-0.4, -0.2) is 26.8 Å². The maximum Gasteiger partial charge on any atom is 0.342 e. The number of nitrogens with one attached hydrogen (secondary N) is 2. The lowest BCUT2D eigenvalue weighted by Crippen LogP contribution is -2.30. The fourth-order valence-electron chi connectivity index (χ4n) is 3.69. The number of phenolic OH excluding ortho intramolecular Hbond substituents is 1. The zero-order valence-electron chi connectivity index (χ0n) is 18.3. The van der Waals surface area contributed by atoms with E-state index in [2.05, 4.69) is 15.7 Å². The Morgan fingerprint density at radius 1 is 1.09 bits per heavy atom. The van der Waals surface area contributed by atoms with E-state index >= 15 is 0 Å². The first-order valence-corrected chi connectivity index (χ1v) is 11.6. The second-order valence-corrected chi connectivity index (χ2v) is 9.03. The molecule has 178 valence electrons. The molecule has 35 heavy (non-hydrogen) atoms. The number of aromatic hydroxyl groups is 1. The first kappa shape index (κ1) is 23.0. The van der Waals surface area contributed by atoms with Crippen LogP contribution in [0.1, 0.15) is 40.6 Å². The van der Waals surface area contributed by atoms with Gasteiger partial charge in [0.25, 0.3) is 5.91 Å². The van der Waals surface area contributed by atoms with Crippen LogP contribution in [0.3, 0.4) is 0 Å². The third-order valence-electron chi connectivity index (χ3n) is 5.63. The highest BCUT2D eigenvalue weighted by Gasteiger charge is 2.30. The van der Waals surface area contributed by atoms with Gasteiger partial charge in [0.2, 0.25) is 0 Å². The van der Waals surface area contributed by atoms with E-state index in [4.69, 9.17) is 27.6 Å². The van der Waals surface area contributed by atoms with Crippen molar-refractivity contribution in [3.63, 3.8) is 0 Å². The fraction of sp³-hybridized carbons (Fsp3) is 0.160. The molecule has 0 unspecified atom stereocenters. The van der Waals surface area contributed by atoms with Gasteiger partial charge in [0, 0.05) is 29.8 Å². The summed E-state index contributed by atoms with van der Waals surface area (Å²) in [5.41, 5.74) is 2.88. The van der Waals surface area contributed by atoms with Crippen molar-refractivity contribution in [2.45, 2.75) is 25.3 Å². The molecule has 0 saturated heterocycles. The molecule has 1 aliphatic carbocycles. The first-order chi connectivity index (χ1) is 16.9. The summed E-state index contributed by atoms with van der Waals surface area (Å²) in [5.74, 6) is -0.110. The van der Waals surface area contributed by atoms with Crippen LogP contribution in [0.25, 0.3) is 11.3 Å². The highest BCUT2D eigenvalue weighted by Crippen LogP contribution is 2.42. The molecule has 2 aromatic heterocycles. The summed E-state index contributed by atoms with van der Waals surface area (Å²) in [6, 6.07) is 14.5. The van der Waals surface area contributed by atoms with E-state index in [1.165, 1.54) is 17.0 Å². The number of carbonyl (C=O) groups excluding carboxylic acids is 2. The van der Waals surface area contributed by atoms with Crippen LogP contribution in [-0.2, 0) is 6.54 Å².